The first-order chi connectivity index (χ1) is 6.57. The highest BCUT2D eigenvalue weighted by Gasteiger charge is 2.13. The van der Waals surface area contributed by atoms with Crippen molar-refractivity contribution >= 4 is 31.9 Å². The van der Waals surface area contributed by atoms with Crippen LogP contribution in [-0.4, -0.2) is 10.2 Å². The monoisotopic (exact) mass is 322 g/mol. The number of rotatable bonds is 3. The van der Waals surface area contributed by atoms with E-state index in [1.165, 1.54) is 6.07 Å². The molecule has 0 heterocycles. The number of aromatic hydroxyl groups is 2. The highest BCUT2D eigenvalue weighted by molar-refractivity contribution is 9.13. The van der Waals surface area contributed by atoms with Gasteiger partial charge in [0.25, 0.3) is 0 Å². The molecule has 1 rings (SSSR count). The lowest BCUT2D eigenvalue weighted by atomic mass is 10.1. The van der Waals surface area contributed by atoms with Crippen LogP contribution in [-0.2, 0) is 6.42 Å². The van der Waals surface area contributed by atoms with Gasteiger partial charge in [-0.25, -0.2) is 0 Å². The Morgan fingerprint density at radius 1 is 1.29 bits per heavy atom. The zero-order valence-corrected chi connectivity index (χ0v) is 11.0. The summed E-state index contributed by atoms with van der Waals surface area (Å²) >= 11 is 6.68. The number of hydrogen-bond acceptors (Lipinski definition) is 2. The SMILES string of the molecule is CCCCc1c(O)c(O)cc(Br)c1Br. The predicted octanol–water partition coefficient (Wildman–Crippen LogP) is 3.97. The van der Waals surface area contributed by atoms with E-state index in [-0.39, 0.29) is 11.5 Å². The molecule has 1 aromatic carbocycles. The summed E-state index contributed by atoms with van der Waals surface area (Å²) in [6.07, 6.45) is 2.80. The Kier molecular flexibility index (Phi) is 4.26. The lowest BCUT2D eigenvalue weighted by Crippen LogP contribution is -1.89. The lowest BCUT2D eigenvalue weighted by Gasteiger charge is -2.09. The van der Waals surface area contributed by atoms with Crippen molar-refractivity contribution in [3.63, 3.8) is 0 Å². The van der Waals surface area contributed by atoms with E-state index in [9.17, 15) is 10.2 Å². The summed E-state index contributed by atoms with van der Waals surface area (Å²) in [7, 11) is 0. The highest BCUT2D eigenvalue weighted by atomic mass is 79.9. The molecule has 0 unspecified atom stereocenters. The maximum absolute atomic E-state index is 9.63. The van der Waals surface area contributed by atoms with E-state index in [2.05, 4.69) is 38.8 Å². The molecule has 78 valence electrons. The van der Waals surface area contributed by atoms with Gasteiger partial charge in [0.15, 0.2) is 11.5 Å². The second-order valence-electron chi connectivity index (χ2n) is 3.12. The quantitative estimate of drug-likeness (QED) is 0.826. The minimum atomic E-state index is -0.0776. The third-order valence-corrected chi connectivity index (χ3v) is 4.11. The van der Waals surface area contributed by atoms with Crippen molar-refractivity contribution in [3.8, 4) is 11.5 Å². The van der Waals surface area contributed by atoms with Gasteiger partial charge in [0.2, 0.25) is 0 Å². The predicted molar refractivity (Wildman–Crippen MR) is 63.8 cm³/mol. The highest BCUT2D eigenvalue weighted by Crippen LogP contribution is 2.40. The van der Waals surface area contributed by atoms with Crippen LogP contribution in [0.5, 0.6) is 11.5 Å². The van der Waals surface area contributed by atoms with Crippen molar-refractivity contribution in [2.75, 3.05) is 0 Å². The molecule has 0 atom stereocenters. The summed E-state index contributed by atoms with van der Waals surface area (Å²) in [6, 6.07) is 1.48. The Morgan fingerprint density at radius 3 is 2.50 bits per heavy atom. The van der Waals surface area contributed by atoms with Gasteiger partial charge in [-0.15, -0.1) is 0 Å². The number of halogens is 2. The van der Waals surface area contributed by atoms with Crippen LogP contribution in [0, 0.1) is 0 Å². The summed E-state index contributed by atoms with van der Waals surface area (Å²) in [5, 5.41) is 19.0. The van der Waals surface area contributed by atoms with Crippen LogP contribution in [0.4, 0.5) is 0 Å². The third-order valence-electron chi connectivity index (χ3n) is 2.05. The van der Waals surface area contributed by atoms with Gasteiger partial charge >= 0.3 is 0 Å². The van der Waals surface area contributed by atoms with Crippen LogP contribution in [0.1, 0.15) is 25.3 Å². The molecule has 0 amide bonds. The smallest absolute Gasteiger partial charge is 0.161 e. The molecular weight excluding hydrogens is 312 g/mol. The molecule has 0 saturated carbocycles. The van der Waals surface area contributed by atoms with E-state index >= 15 is 0 Å². The first-order valence-electron chi connectivity index (χ1n) is 4.46. The van der Waals surface area contributed by atoms with E-state index < -0.39 is 0 Å². The molecule has 0 aliphatic rings. The summed E-state index contributed by atoms with van der Waals surface area (Å²) in [5.74, 6) is -0.0975. The molecule has 0 bridgehead atoms. The Labute approximate surface area is 100 Å². The molecule has 1 aromatic rings. The Morgan fingerprint density at radius 2 is 1.93 bits per heavy atom. The second kappa shape index (κ2) is 5.03. The van der Waals surface area contributed by atoms with Crippen molar-refractivity contribution in [2.45, 2.75) is 26.2 Å². The van der Waals surface area contributed by atoms with Crippen molar-refractivity contribution in [3.05, 3.63) is 20.6 Å². The van der Waals surface area contributed by atoms with E-state index in [4.69, 9.17) is 0 Å². The van der Waals surface area contributed by atoms with Crippen LogP contribution in [0.25, 0.3) is 0 Å². The summed E-state index contributed by atoms with van der Waals surface area (Å²) in [5.41, 5.74) is 0.763. The van der Waals surface area contributed by atoms with Gasteiger partial charge in [0, 0.05) is 14.5 Å². The molecule has 0 saturated heterocycles. The molecule has 0 fully saturated rings. The summed E-state index contributed by atoms with van der Waals surface area (Å²) < 4.78 is 1.58. The summed E-state index contributed by atoms with van der Waals surface area (Å²) in [4.78, 5) is 0. The molecule has 0 spiro atoms. The molecule has 0 aliphatic carbocycles. The maximum atomic E-state index is 9.63. The van der Waals surface area contributed by atoms with Gasteiger partial charge in [-0.05, 0) is 50.8 Å². The molecule has 2 nitrogen and oxygen atoms in total. The first kappa shape index (κ1) is 11.9. The fourth-order valence-electron chi connectivity index (χ4n) is 1.24. The normalized spacial score (nSPS) is 10.5. The average molecular weight is 324 g/mol. The van der Waals surface area contributed by atoms with Gasteiger partial charge in [0.1, 0.15) is 0 Å². The van der Waals surface area contributed by atoms with Crippen LogP contribution >= 0.6 is 31.9 Å². The molecule has 2 N–H and O–H groups in total. The van der Waals surface area contributed by atoms with Crippen molar-refractivity contribution in [2.24, 2.45) is 0 Å². The molecule has 14 heavy (non-hydrogen) atoms. The number of phenols is 2. The van der Waals surface area contributed by atoms with Crippen LogP contribution in [0.3, 0.4) is 0 Å². The fourth-order valence-corrected chi connectivity index (χ4v) is 2.19. The summed E-state index contributed by atoms with van der Waals surface area (Å²) in [6.45, 7) is 2.09. The molecule has 0 radical (unpaired) electrons. The van der Waals surface area contributed by atoms with E-state index in [1.54, 1.807) is 0 Å². The minimum absolute atomic E-state index is 0.0199. The molecular formula is C10H12Br2O2. The average Bonchev–Trinajstić information content (AvgIpc) is 2.15. The second-order valence-corrected chi connectivity index (χ2v) is 4.77. The van der Waals surface area contributed by atoms with Gasteiger partial charge in [-0.3, -0.25) is 0 Å². The van der Waals surface area contributed by atoms with Crippen LogP contribution in [0.15, 0.2) is 15.0 Å². The Bertz CT molecular complexity index is 311. The Balaban J connectivity index is 3.11. The topological polar surface area (TPSA) is 40.5 Å². The molecule has 4 heteroatoms. The molecule has 0 aliphatic heterocycles. The molecule has 0 aromatic heterocycles. The maximum Gasteiger partial charge on any atom is 0.161 e. The van der Waals surface area contributed by atoms with Crippen molar-refractivity contribution in [1.82, 2.24) is 0 Å². The van der Waals surface area contributed by atoms with Gasteiger partial charge in [-0.2, -0.15) is 0 Å². The first-order valence-corrected chi connectivity index (χ1v) is 6.05. The Hall–Kier alpha value is -0.220. The number of phenolic OH excluding ortho intramolecular Hbond substituents is 2. The standard InChI is InChI=1S/C10H12Br2O2/c1-2-3-4-6-9(12)7(11)5-8(13)10(6)14/h5,13-14H,2-4H2,1H3. The van der Waals surface area contributed by atoms with E-state index in [0.29, 0.717) is 0 Å². The number of benzene rings is 1. The van der Waals surface area contributed by atoms with Crippen LogP contribution < -0.4 is 0 Å². The largest absolute Gasteiger partial charge is 0.504 e. The lowest BCUT2D eigenvalue weighted by molar-refractivity contribution is 0.398. The third kappa shape index (κ3) is 2.42. The number of hydrogen-bond donors (Lipinski definition) is 2. The minimum Gasteiger partial charge on any atom is -0.504 e. The van der Waals surface area contributed by atoms with Gasteiger partial charge < -0.3 is 10.2 Å². The van der Waals surface area contributed by atoms with Crippen LogP contribution in [0.2, 0.25) is 0 Å². The van der Waals surface area contributed by atoms with E-state index in [0.717, 1.165) is 33.8 Å². The van der Waals surface area contributed by atoms with E-state index in [1.807, 2.05) is 0 Å². The van der Waals surface area contributed by atoms with Crippen molar-refractivity contribution < 1.29 is 10.2 Å². The van der Waals surface area contributed by atoms with Gasteiger partial charge in [0.05, 0.1) is 0 Å². The fraction of sp³-hybridized carbons (Fsp3) is 0.400. The number of unbranched alkanes of at least 4 members (excludes halogenated alkanes) is 1. The zero-order valence-electron chi connectivity index (χ0n) is 7.85. The zero-order chi connectivity index (χ0) is 10.7. The van der Waals surface area contributed by atoms with Gasteiger partial charge in [-0.1, -0.05) is 13.3 Å². The van der Waals surface area contributed by atoms with Crippen molar-refractivity contribution in [1.29, 1.82) is 0 Å².